The number of carbonyl (C=O) groups is 1. The van der Waals surface area contributed by atoms with Crippen molar-refractivity contribution in [3.05, 3.63) is 0 Å². The minimum atomic E-state index is -0.425. The number of cyclic esters (lactones) is 1. The lowest BCUT2D eigenvalue weighted by atomic mass is 10.2. The van der Waals surface area contributed by atoms with Crippen molar-refractivity contribution in [1.29, 1.82) is 5.41 Å². The maximum Gasteiger partial charge on any atom is 0.407 e. The van der Waals surface area contributed by atoms with Crippen LogP contribution in [0.25, 0.3) is 0 Å². The third kappa shape index (κ3) is 1.61. The van der Waals surface area contributed by atoms with Crippen molar-refractivity contribution in [2.45, 2.75) is 12.5 Å². The van der Waals surface area contributed by atoms with Crippen molar-refractivity contribution in [3.63, 3.8) is 0 Å². The maximum absolute atomic E-state index is 10.4. The first kappa shape index (κ1) is 6.85. The van der Waals surface area contributed by atoms with Crippen LogP contribution >= 0.6 is 0 Å². The van der Waals surface area contributed by atoms with Crippen LogP contribution in [0.1, 0.15) is 6.42 Å². The van der Waals surface area contributed by atoms with Crippen LogP contribution in [0.15, 0.2) is 0 Å². The Hall–Kier alpha value is -1.26. The second-order valence-corrected chi connectivity index (χ2v) is 2.14. The smallest absolute Gasteiger partial charge is 0.407 e. The molecule has 1 heterocycles. The Morgan fingerprint density at radius 1 is 2.00 bits per heavy atom. The van der Waals surface area contributed by atoms with E-state index in [-0.39, 0.29) is 11.9 Å². The molecular weight excluding hydrogens is 134 g/mol. The second kappa shape index (κ2) is 2.55. The first-order chi connectivity index (χ1) is 4.68. The summed E-state index contributed by atoms with van der Waals surface area (Å²) < 4.78 is 4.70. The molecular formula is C5H9N3O2. The SMILES string of the molecule is N=C(N)CC1CNC(=O)O1. The summed E-state index contributed by atoms with van der Waals surface area (Å²) in [6, 6.07) is 0. The summed E-state index contributed by atoms with van der Waals surface area (Å²) in [7, 11) is 0. The predicted molar refractivity (Wildman–Crippen MR) is 34.8 cm³/mol. The fraction of sp³-hybridized carbons (Fsp3) is 0.600. The lowest BCUT2D eigenvalue weighted by Gasteiger charge is -2.03. The van der Waals surface area contributed by atoms with Gasteiger partial charge in [-0.15, -0.1) is 0 Å². The van der Waals surface area contributed by atoms with E-state index in [0.29, 0.717) is 13.0 Å². The van der Waals surface area contributed by atoms with Gasteiger partial charge in [-0.1, -0.05) is 0 Å². The number of alkyl carbamates (subject to hydrolysis) is 1. The summed E-state index contributed by atoms with van der Waals surface area (Å²) in [5, 5.41) is 9.35. The molecule has 0 bridgehead atoms. The van der Waals surface area contributed by atoms with Gasteiger partial charge in [-0.05, 0) is 0 Å². The molecule has 1 unspecified atom stereocenters. The fourth-order valence-corrected chi connectivity index (χ4v) is 0.791. The molecule has 1 rings (SSSR count). The predicted octanol–water partition coefficient (Wildman–Crippen LogP) is -0.579. The average molecular weight is 143 g/mol. The van der Waals surface area contributed by atoms with Crippen molar-refractivity contribution in [2.24, 2.45) is 5.73 Å². The van der Waals surface area contributed by atoms with Crippen molar-refractivity contribution >= 4 is 11.9 Å². The number of nitrogens with two attached hydrogens (primary N) is 1. The van der Waals surface area contributed by atoms with Gasteiger partial charge in [0.2, 0.25) is 0 Å². The normalized spacial score (nSPS) is 23.6. The van der Waals surface area contributed by atoms with E-state index in [4.69, 9.17) is 15.9 Å². The number of amidine groups is 1. The van der Waals surface area contributed by atoms with Gasteiger partial charge in [0.05, 0.1) is 12.4 Å². The van der Waals surface area contributed by atoms with E-state index in [1.165, 1.54) is 0 Å². The van der Waals surface area contributed by atoms with Crippen molar-refractivity contribution in [3.8, 4) is 0 Å². The molecule has 1 amide bonds. The van der Waals surface area contributed by atoms with Crippen LogP contribution in [0.5, 0.6) is 0 Å². The van der Waals surface area contributed by atoms with Crippen molar-refractivity contribution in [1.82, 2.24) is 5.32 Å². The van der Waals surface area contributed by atoms with Crippen LogP contribution in [0.4, 0.5) is 4.79 Å². The highest BCUT2D eigenvalue weighted by atomic mass is 16.6. The molecule has 1 saturated heterocycles. The molecule has 0 aromatic heterocycles. The Bertz CT molecular complexity index is 168. The summed E-state index contributed by atoms with van der Waals surface area (Å²) in [6.45, 7) is 0.457. The number of rotatable bonds is 2. The van der Waals surface area contributed by atoms with Gasteiger partial charge >= 0.3 is 6.09 Å². The van der Waals surface area contributed by atoms with E-state index in [1.54, 1.807) is 0 Å². The van der Waals surface area contributed by atoms with Crippen LogP contribution < -0.4 is 11.1 Å². The van der Waals surface area contributed by atoms with Crippen molar-refractivity contribution in [2.75, 3.05) is 6.54 Å². The standard InChI is InChI=1S/C5H9N3O2/c6-4(7)1-3-2-8-5(9)10-3/h3H,1-2H2,(H3,6,7)(H,8,9). The van der Waals surface area contributed by atoms with Gasteiger partial charge in [-0.3, -0.25) is 5.41 Å². The van der Waals surface area contributed by atoms with Gasteiger partial charge in [0.25, 0.3) is 0 Å². The molecule has 1 aliphatic rings. The Morgan fingerprint density at radius 3 is 3.10 bits per heavy atom. The third-order valence-corrected chi connectivity index (χ3v) is 1.20. The van der Waals surface area contributed by atoms with Crippen molar-refractivity contribution < 1.29 is 9.53 Å². The fourth-order valence-electron chi connectivity index (χ4n) is 0.791. The molecule has 56 valence electrons. The Morgan fingerprint density at radius 2 is 2.70 bits per heavy atom. The first-order valence-corrected chi connectivity index (χ1v) is 2.96. The summed E-state index contributed by atoms with van der Waals surface area (Å²) in [5.74, 6) is 0.0431. The highest BCUT2D eigenvalue weighted by molar-refractivity contribution is 5.78. The monoisotopic (exact) mass is 143 g/mol. The molecule has 0 aliphatic carbocycles. The van der Waals surface area contributed by atoms with E-state index in [1.807, 2.05) is 0 Å². The van der Waals surface area contributed by atoms with E-state index in [2.05, 4.69) is 5.32 Å². The number of nitrogens with one attached hydrogen (secondary N) is 2. The van der Waals surface area contributed by atoms with E-state index >= 15 is 0 Å². The zero-order valence-corrected chi connectivity index (χ0v) is 5.39. The Balaban J connectivity index is 2.31. The van der Waals surface area contributed by atoms with Gasteiger partial charge in [-0.25, -0.2) is 4.79 Å². The molecule has 0 spiro atoms. The quantitative estimate of drug-likeness (QED) is 0.357. The van der Waals surface area contributed by atoms with Crippen LogP contribution in [-0.4, -0.2) is 24.6 Å². The van der Waals surface area contributed by atoms with Gasteiger partial charge in [-0.2, -0.15) is 0 Å². The maximum atomic E-state index is 10.4. The van der Waals surface area contributed by atoms with Crippen LogP contribution in [0.2, 0.25) is 0 Å². The molecule has 1 fully saturated rings. The molecule has 10 heavy (non-hydrogen) atoms. The molecule has 5 nitrogen and oxygen atoms in total. The Kier molecular flexibility index (Phi) is 1.75. The minimum absolute atomic E-state index is 0.0431. The van der Waals surface area contributed by atoms with Gasteiger partial charge < -0.3 is 15.8 Å². The summed E-state index contributed by atoms with van der Waals surface area (Å²) in [5.41, 5.74) is 5.08. The molecule has 0 aromatic rings. The molecule has 4 N–H and O–H groups in total. The molecule has 5 heteroatoms. The topological polar surface area (TPSA) is 88.2 Å². The number of hydrogen-bond acceptors (Lipinski definition) is 3. The van der Waals surface area contributed by atoms with E-state index in [9.17, 15) is 4.79 Å². The molecule has 0 aromatic carbocycles. The first-order valence-electron chi connectivity index (χ1n) is 2.96. The average Bonchev–Trinajstić information content (AvgIpc) is 2.13. The lowest BCUT2D eigenvalue weighted by Crippen LogP contribution is -2.22. The number of amides is 1. The van der Waals surface area contributed by atoms with E-state index in [0.717, 1.165) is 0 Å². The summed E-state index contributed by atoms with van der Waals surface area (Å²) >= 11 is 0. The van der Waals surface area contributed by atoms with Crippen LogP contribution in [-0.2, 0) is 4.74 Å². The zero-order chi connectivity index (χ0) is 7.56. The Labute approximate surface area is 58.0 Å². The minimum Gasteiger partial charge on any atom is -0.444 e. The van der Waals surface area contributed by atoms with Gasteiger partial charge in [0, 0.05) is 6.42 Å². The summed E-state index contributed by atoms with van der Waals surface area (Å²) in [6.07, 6.45) is -0.352. The summed E-state index contributed by atoms with van der Waals surface area (Å²) in [4.78, 5) is 10.4. The van der Waals surface area contributed by atoms with Gasteiger partial charge in [0.15, 0.2) is 0 Å². The second-order valence-electron chi connectivity index (χ2n) is 2.14. The van der Waals surface area contributed by atoms with E-state index < -0.39 is 6.09 Å². The number of hydrogen-bond donors (Lipinski definition) is 3. The lowest BCUT2D eigenvalue weighted by molar-refractivity contribution is 0.143. The molecule has 0 radical (unpaired) electrons. The van der Waals surface area contributed by atoms with Crippen LogP contribution in [0, 0.1) is 5.41 Å². The highest BCUT2D eigenvalue weighted by Crippen LogP contribution is 2.02. The highest BCUT2D eigenvalue weighted by Gasteiger charge is 2.22. The zero-order valence-electron chi connectivity index (χ0n) is 5.39. The van der Waals surface area contributed by atoms with Gasteiger partial charge in [0.1, 0.15) is 6.10 Å². The molecule has 0 saturated carbocycles. The molecule has 1 aliphatic heterocycles. The number of ether oxygens (including phenoxy) is 1. The largest absolute Gasteiger partial charge is 0.444 e. The van der Waals surface area contributed by atoms with Crippen LogP contribution in [0.3, 0.4) is 0 Å². The molecule has 1 atom stereocenters. The third-order valence-electron chi connectivity index (χ3n) is 1.20. The number of carbonyl (C=O) groups excluding carboxylic acids is 1.